The molecule has 1 amide bonds. The average molecular weight is 595 g/mol. The largest absolute Gasteiger partial charge is 0.510 e. The summed E-state index contributed by atoms with van der Waals surface area (Å²) < 4.78 is 0. The number of carbonyl (C=O) groups is 3. The molecule has 0 saturated heterocycles. The molecule has 5 aliphatic carbocycles. The summed E-state index contributed by atoms with van der Waals surface area (Å²) in [4.78, 5) is 43.4. The van der Waals surface area contributed by atoms with Gasteiger partial charge in [-0.15, -0.1) is 0 Å². The smallest absolute Gasteiger partial charge is 0.255 e. The van der Waals surface area contributed by atoms with Crippen molar-refractivity contribution in [1.29, 1.82) is 0 Å². The first-order valence-corrected chi connectivity index (χ1v) is 15.1. The molecular weight excluding hydrogens is 552 g/mol. The van der Waals surface area contributed by atoms with E-state index in [1.165, 1.54) is 25.7 Å². The lowest BCUT2D eigenvalue weighted by atomic mass is 9.58. The van der Waals surface area contributed by atoms with Crippen molar-refractivity contribution in [2.75, 3.05) is 33.1 Å². The van der Waals surface area contributed by atoms with E-state index in [-0.39, 0.29) is 29.7 Å². The third-order valence-corrected chi connectivity index (χ3v) is 10.8. The molecule has 5 aliphatic rings. The van der Waals surface area contributed by atoms with E-state index in [1.54, 1.807) is 19.0 Å². The number of nitrogens with zero attached hydrogens (tertiary/aromatic N) is 2. The lowest BCUT2D eigenvalue weighted by Crippen LogP contribution is -2.63. The topological polar surface area (TPSA) is 177 Å². The summed E-state index contributed by atoms with van der Waals surface area (Å²) in [6.07, 6.45) is 7.53. The number of Topliss-reactive ketones (excluding diaryl/α,β-unsaturated/α-hetero) is 2. The summed E-state index contributed by atoms with van der Waals surface area (Å²) in [7, 11) is 6.96. The molecule has 0 heterocycles. The van der Waals surface area contributed by atoms with Crippen LogP contribution in [0.4, 0.5) is 5.69 Å². The van der Waals surface area contributed by atoms with Crippen LogP contribution in [-0.2, 0) is 22.6 Å². The Bertz CT molecular complexity index is 1480. The van der Waals surface area contributed by atoms with Gasteiger partial charge in [0, 0.05) is 49.4 Å². The molecule has 43 heavy (non-hydrogen) atoms. The minimum Gasteiger partial charge on any atom is -0.510 e. The highest BCUT2D eigenvalue weighted by atomic mass is 16.3. The van der Waals surface area contributed by atoms with Gasteiger partial charge in [-0.25, -0.2) is 0 Å². The number of rotatable bonds is 6. The first-order chi connectivity index (χ1) is 20.2. The van der Waals surface area contributed by atoms with Crippen molar-refractivity contribution in [2.24, 2.45) is 23.0 Å². The van der Waals surface area contributed by atoms with Crippen LogP contribution < -0.4 is 16.0 Å². The summed E-state index contributed by atoms with van der Waals surface area (Å²) in [5.41, 5.74) is 4.37. The molecule has 1 aromatic carbocycles. The number of aliphatic hydroxyl groups is 3. The van der Waals surface area contributed by atoms with Crippen LogP contribution in [-0.4, -0.2) is 88.7 Å². The van der Waals surface area contributed by atoms with Crippen molar-refractivity contribution in [3.63, 3.8) is 0 Å². The Labute approximate surface area is 251 Å². The second kappa shape index (κ2) is 10.1. The summed E-state index contributed by atoms with van der Waals surface area (Å²) in [6.45, 7) is 0.362. The summed E-state index contributed by atoms with van der Waals surface area (Å²) in [5, 5.41) is 49.4. The van der Waals surface area contributed by atoms with Gasteiger partial charge in [0.15, 0.2) is 11.4 Å². The number of phenolic OH excluding ortho intramolecular Hbond substituents is 1. The number of nitrogens with one attached hydrogen (secondary N) is 1. The minimum atomic E-state index is -2.65. The number of hydrogen-bond acceptors (Lipinski definition) is 10. The molecule has 232 valence electrons. The van der Waals surface area contributed by atoms with E-state index in [0.717, 1.165) is 18.5 Å². The Morgan fingerprint density at radius 3 is 2.28 bits per heavy atom. The monoisotopic (exact) mass is 594 g/mol. The van der Waals surface area contributed by atoms with Crippen molar-refractivity contribution in [3.05, 3.63) is 45.4 Å². The Morgan fingerprint density at radius 2 is 1.72 bits per heavy atom. The number of phenols is 1. The van der Waals surface area contributed by atoms with Gasteiger partial charge in [-0.3, -0.25) is 19.3 Å². The molecular formula is C32H42N4O7. The highest BCUT2D eigenvalue weighted by molar-refractivity contribution is 6.25. The van der Waals surface area contributed by atoms with Crippen molar-refractivity contribution in [2.45, 2.75) is 75.6 Å². The number of carbonyl (C=O) groups excluding carboxylic acids is 3. The average Bonchev–Trinajstić information content (AvgIpc) is 3.69. The molecule has 0 aliphatic heterocycles. The molecule has 4 atom stereocenters. The molecule has 0 radical (unpaired) electrons. The van der Waals surface area contributed by atoms with E-state index in [1.807, 2.05) is 25.1 Å². The van der Waals surface area contributed by atoms with E-state index in [4.69, 9.17) is 5.73 Å². The molecule has 0 aromatic heterocycles. The van der Waals surface area contributed by atoms with Crippen molar-refractivity contribution >= 4 is 23.2 Å². The molecule has 0 unspecified atom stereocenters. The lowest BCUT2D eigenvalue weighted by Gasteiger charge is -2.50. The van der Waals surface area contributed by atoms with Crippen molar-refractivity contribution in [1.82, 2.24) is 10.2 Å². The Balaban J connectivity index is 1.40. The van der Waals surface area contributed by atoms with Crippen LogP contribution >= 0.6 is 0 Å². The van der Waals surface area contributed by atoms with Crippen LogP contribution in [0.3, 0.4) is 0 Å². The zero-order valence-corrected chi connectivity index (χ0v) is 25.2. The van der Waals surface area contributed by atoms with Crippen LogP contribution in [0, 0.1) is 17.3 Å². The van der Waals surface area contributed by atoms with Crippen molar-refractivity contribution < 1.29 is 34.8 Å². The number of ketones is 2. The number of aliphatic hydroxyl groups excluding tert-OH is 2. The summed E-state index contributed by atoms with van der Waals surface area (Å²) >= 11 is 0. The number of benzene rings is 1. The Hall–Kier alpha value is -3.41. The molecule has 2 saturated carbocycles. The molecule has 1 spiro atoms. The maximum absolute atomic E-state index is 14.2. The second-order valence-electron chi connectivity index (χ2n) is 13.8. The molecule has 7 N–H and O–H groups in total. The molecule has 0 bridgehead atoms. The van der Waals surface area contributed by atoms with Gasteiger partial charge in [-0.05, 0) is 88.4 Å². The van der Waals surface area contributed by atoms with Gasteiger partial charge in [0.1, 0.15) is 22.8 Å². The molecule has 6 rings (SSSR count). The van der Waals surface area contributed by atoms with Crippen LogP contribution in [0.5, 0.6) is 5.75 Å². The van der Waals surface area contributed by atoms with Gasteiger partial charge in [0.2, 0.25) is 5.78 Å². The number of nitrogens with two attached hydrogens (primary N) is 1. The maximum Gasteiger partial charge on any atom is 0.255 e. The maximum atomic E-state index is 14.2. The number of allylic oxidation sites excluding steroid dienone is 1. The third-order valence-electron chi connectivity index (χ3n) is 10.8. The second-order valence-corrected chi connectivity index (χ2v) is 13.8. The number of aromatic hydroxyl groups is 1. The minimum absolute atomic E-state index is 0.0457. The number of likely N-dealkylation sites (N-methyl/N-ethyl adjacent to an activating group) is 1. The molecule has 11 nitrogen and oxygen atoms in total. The number of primary amides is 1. The van der Waals surface area contributed by atoms with E-state index in [2.05, 4.69) is 5.32 Å². The van der Waals surface area contributed by atoms with E-state index >= 15 is 0 Å². The van der Waals surface area contributed by atoms with Gasteiger partial charge in [-0.2, -0.15) is 0 Å². The van der Waals surface area contributed by atoms with Gasteiger partial charge in [-0.1, -0.05) is 0 Å². The summed E-state index contributed by atoms with van der Waals surface area (Å²) in [6, 6.07) is 1.20. The standard InChI is InChI=1S/C32H42N4O7/c1-35(2)20-13-16(14-34-17-5-7-31(8-6-17)9-10-31)25(37)22-18(20)11-15-12-19-24(36(3)4)27(39)23(30(33)42)29(41)32(19,43)28(40)21(15)26(22)38/h13,15,17,19,24,34,37,39-40,43H,5-12,14H2,1-4H3,(H2,33,42)/t15-,19-,24-,32-/m0/s1. The number of amides is 1. The summed E-state index contributed by atoms with van der Waals surface area (Å²) in [5.74, 6) is -6.41. The zero-order chi connectivity index (χ0) is 31.2. The van der Waals surface area contributed by atoms with Crippen LogP contribution in [0.1, 0.15) is 66.4 Å². The van der Waals surface area contributed by atoms with Gasteiger partial charge in [0.25, 0.3) is 5.91 Å². The zero-order valence-electron chi connectivity index (χ0n) is 25.2. The van der Waals surface area contributed by atoms with E-state index < -0.39 is 58.0 Å². The first-order valence-electron chi connectivity index (χ1n) is 15.1. The SMILES string of the molecule is CN(C)c1cc(CNC2CCC3(CC2)CC3)c(O)c2c1C[C@H]1C[C@H]3[C@H](N(C)C)C(O)=C(C(N)=O)C(=O)[C@@]3(O)C(O)=C1C2=O. The van der Waals surface area contributed by atoms with Gasteiger partial charge in [0.05, 0.1) is 11.6 Å². The van der Waals surface area contributed by atoms with Crippen molar-refractivity contribution in [3.8, 4) is 5.75 Å². The quantitative estimate of drug-likeness (QED) is 0.267. The Kier molecular flexibility index (Phi) is 6.94. The molecule has 2 fully saturated rings. The molecule has 11 heteroatoms. The van der Waals surface area contributed by atoms with Crippen LogP contribution in [0.15, 0.2) is 28.7 Å². The highest BCUT2D eigenvalue weighted by Crippen LogP contribution is 2.56. The van der Waals surface area contributed by atoms with Crippen LogP contribution in [0.2, 0.25) is 0 Å². The van der Waals surface area contributed by atoms with Gasteiger partial charge >= 0.3 is 0 Å². The predicted molar refractivity (Wildman–Crippen MR) is 159 cm³/mol. The number of fused-ring (bicyclic) bond motifs is 3. The fourth-order valence-corrected chi connectivity index (χ4v) is 8.25. The fraction of sp³-hybridized carbons (Fsp3) is 0.594. The van der Waals surface area contributed by atoms with E-state index in [0.29, 0.717) is 29.1 Å². The Morgan fingerprint density at radius 1 is 1.07 bits per heavy atom. The van der Waals surface area contributed by atoms with Gasteiger partial charge < -0.3 is 36.4 Å². The fourth-order valence-electron chi connectivity index (χ4n) is 8.25. The first kappa shape index (κ1) is 29.7. The molecule has 1 aromatic rings. The predicted octanol–water partition coefficient (Wildman–Crippen LogP) is 2.00. The lowest BCUT2D eigenvalue weighted by molar-refractivity contribution is -0.148. The normalized spacial score (nSPS) is 30.0. The number of hydrogen-bond donors (Lipinski definition) is 6. The number of anilines is 1. The van der Waals surface area contributed by atoms with Crippen LogP contribution in [0.25, 0.3) is 0 Å². The third kappa shape index (κ3) is 4.38. The highest BCUT2D eigenvalue weighted by Gasteiger charge is 2.63. The van der Waals surface area contributed by atoms with E-state index in [9.17, 15) is 34.8 Å².